The van der Waals surface area contributed by atoms with Crippen LogP contribution in [0.2, 0.25) is 0 Å². The Labute approximate surface area is 169 Å². The van der Waals surface area contributed by atoms with Crippen LogP contribution in [0.25, 0.3) is 22.2 Å². The number of ether oxygens (including phenoxy) is 1. The van der Waals surface area contributed by atoms with Crippen LogP contribution in [0.5, 0.6) is 11.5 Å². The largest absolute Gasteiger partial charge is 0.508 e. The first-order valence-electron chi connectivity index (χ1n) is 9.31. The van der Waals surface area contributed by atoms with Crippen molar-refractivity contribution in [3.05, 3.63) is 65.2 Å². The molecule has 0 unspecified atom stereocenters. The second-order valence-corrected chi connectivity index (χ2v) is 7.14. The van der Waals surface area contributed by atoms with Crippen molar-refractivity contribution in [3.8, 4) is 22.6 Å². The van der Waals surface area contributed by atoms with Gasteiger partial charge in [0.05, 0.1) is 12.6 Å². The van der Waals surface area contributed by atoms with E-state index in [0.29, 0.717) is 17.2 Å². The highest BCUT2D eigenvalue weighted by molar-refractivity contribution is 5.85. The maximum atomic E-state index is 9.95. The Morgan fingerprint density at radius 1 is 0.828 bits per heavy atom. The Hall–Kier alpha value is -3.67. The monoisotopic (exact) mass is 386 g/mol. The molecule has 1 aromatic heterocycles. The van der Waals surface area contributed by atoms with E-state index >= 15 is 0 Å². The lowest BCUT2D eigenvalue weighted by molar-refractivity contribution is 0.408. The topological polar surface area (TPSA) is 80.2 Å². The van der Waals surface area contributed by atoms with Crippen LogP contribution in [0.4, 0.5) is 11.6 Å². The van der Waals surface area contributed by atoms with Crippen molar-refractivity contribution in [1.82, 2.24) is 15.2 Å². The van der Waals surface area contributed by atoms with E-state index in [0.717, 1.165) is 27.9 Å². The summed E-state index contributed by atoms with van der Waals surface area (Å²) in [5, 5.41) is 21.8. The molecule has 6 heteroatoms. The fourth-order valence-corrected chi connectivity index (χ4v) is 3.25. The number of fused-ring (bicyclic) bond motifs is 1. The molecular weight excluding hydrogens is 364 g/mol. The fourth-order valence-electron chi connectivity index (χ4n) is 3.25. The quantitative estimate of drug-likeness (QED) is 0.509. The van der Waals surface area contributed by atoms with Crippen LogP contribution >= 0.6 is 0 Å². The molecule has 146 valence electrons. The number of rotatable bonds is 4. The minimum atomic E-state index is 0.147. The summed E-state index contributed by atoms with van der Waals surface area (Å²) in [7, 11) is 1.57. The maximum Gasteiger partial charge on any atom is 0.247 e. The normalized spacial score (nSPS) is 10.9. The van der Waals surface area contributed by atoms with Gasteiger partial charge >= 0.3 is 0 Å². The van der Waals surface area contributed by atoms with Crippen molar-refractivity contribution in [2.75, 3.05) is 12.4 Å². The van der Waals surface area contributed by atoms with Crippen LogP contribution in [-0.2, 0) is 0 Å². The Balaban J connectivity index is 1.72. The molecule has 3 aromatic carbocycles. The molecule has 0 atom stereocenters. The van der Waals surface area contributed by atoms with Gasteiger partial charge in [0.2, 0.25) is 5.95 Å². The molecule has 29 heavy (non-hydrogen) atoms. The average molecular weight is 386 g/mol. The molecule has 4 rings (SSSR count). The summed E-state index contributed by atoms with van der Waals surface area (Å²) in [5.41, 5.74) is 7.55. The number of aromatic hydroxyl groups is 1. The number of phenols is 1. The van der Waals surface area contributed by atoms with Crippen molar-refractivity contribution in [2.24, 2.45) is 0 Å². The summed E-state index contributed by atoms with van der Waals surface area (Å²) in [6.45, 7) is 6.14. The number of methoxy groups -OCH3 is 1. The summed E-state index contributed by atoms with van der Waals surface area (Å²) in [5.74, 6) is 1.19. The summed E-state index contributed by atoms with van der Waals surface area (Å²) in [6, 6.07) is 15.2. The number of aryl methyl sites for hydroxylation is 3. The molecule has 4 aromatic rings. The van der Waals surface area contributed by atoms with Gasteiger partial charge < -0.3 is 15.2 Å². The van der Waals surface area contributed by atoms with Gasteiger partial charge in [-0.15, -0.1) is 10.2 Å². The van der Waals surface area contributed by atoms with Crippen molar-refractivity contribution in [1.29, 1.82) is 0 Å². The molecule has 0 spiro atoms. The molecule has 0 amide bonds. The minimum Gasteiger partial charge on any atom is -0.508 e. The van der Waals surface area contributed by atoms with Crippen LogP contribution in [0.3, 0.4) is 0 Å². The predicted octanol–water partition coefficient (Wildman–Crippen LogP) is 5.07. The second-order valence-electron chi connectivity index (χ2n) is 7.14. The number of nitrogens with one attached hydrogen (secondary N) is 1. The molecule has 0 radical (unpaired) electrons. The minimum absolute atomic E-state index is 0.147. The van der Waals surface area contributed by atoms with Crippen LogP contribution in [0.15, 0.2) is 48.5 Å². The second kappa shape index (κ2) is 7.39. The van der Waals surface area contributed by atoms with Crippen molar-refractivity contribution in [2.45, 2.75) is 20.8 Å². The lowest BCUT2D eigenvalue weighted by atomic mass is 10.0. The van der Waals surface area contributed by atoms with Crippen molar-refractivity contribution >= 4 is 22.7 Å². The van der Waals surface area contributed by atoms with Crippen LogP contribution in [0, 0.1) is 20.8 Å². The van der Waals surface area contributed by atoms with E-state index < -0.39 is 0 Å². The molecule has 0 aliphatic heterocycles. The van der Waals surface area contributed by atoms with Crippen LogP contribution in [-0.4, -0.2) is 27.4 Å². The summed E-state index contributed by atoms with van der Waals surface area (Å²) < 4.78 is 5.25. The lowest BCUT2D eigenvalue weighted by Gasteiger charge is -2.10. The fraction of sp³-hybridized carbons (Fsp3) is 0.174. The Bertz CT molecular complexity index is 1220. The summed E-state index contributed by atoms with van der Waals surface area (Å²) in [6.07, 6.45) is 0. The first-order chi connectivity index (χ1) is 13.9. The standard InChI is InChI=1S/C23H22N4O2/c1-13-5-6-18(8-14(13)2)24-23-25-22-15(3)7-16(11-21(22)26-27-23)17-9-19(28)12-20(10-17)29-4/h5-12,28H,1-4H3,(H,24,25,27). The number of hydrogen-bond donors (Lipinski definition) is 2. The van der Waals surface area contributed by atoms with Gasteiger partial charge in [0.25, 0.3) is 0 Å². The molecule has 0 aliphatic rings. The van der Waals surface area contributed by atoms with Gasteiger partial charge in [-0.05, 0) is 85.0 Å². The smallest absolute Gasteiger partial charge is 0.247 e. The van der Waals surface area contributed by atoms with E-state index in [4.69, 9.17) is 4.74 Å². The number of nitrogens with zero attached hydrogens (tertiary/aromatic N) is 3. The zero-order chi connectivity index (χ0) is 20.5. The molecule has 0 saturated carbocycles. The SMILES string of the molecule is COc1cc(O)cc(-c2cc(C)c3nc(Nc4ccc(C)c(C)c4)nnc3c2)c1. The zero-order valence-corrected chi connectivity index (χ0v) is 16.8. The highest BCUT2D eigenvalue weighted by Crippen LogP contribution is 2.32. The Kier molecular flexibility index (Phi) is 4.76. The number of anilines is 2. The molecule has 0 fully saturated rings. The highest BCUT2D eigenvalue weighted by Gasteiger charge is 2.10. The van der Waals surface area contributed by atoms with Crippen molar-refractivity contribution in [3.63, 3.8) is 0 Å². The Morgan fingerprint density at radius 3 is 2.38 bits per heavy atom. The van der Waals surface area contributed by atoms with E-state index in [1.165, 1.54) is 11.1 Å². The number of benzene rings is 3. The third-order valence-electron chi connectivity index (χ3n) is 4.97. The molecule has 2 N–H and O–H groups in total. The third kappa shape index (κ3) is 3.82. The van der Waals surface area contributed by atoms with E-state index in [-0.39, 0.29) is 5.75 Å². The third-order valence-corrected chi connectivity index (χ3v) is 4.97. The number of aromatic nitrogens is 3. The van der Waals surface area contributed by atoms with Gasteiger partial charge in [-0.1, -0.05) is 6.07 Å². The van der Waals surface area contributed by atoms with Crippen LogP contribution in [0.1, 0.15) is 16.7 Å². The van der Waals surface area contributed by atoms with Gasteiger partial charge in [-0.3, -0.25) is 0 Å². The molecule has 6 nitrogen and oxygen atoms in total. The van der Waals surface area contributed by atoms with Gasteiger partial charge in [-0.25, -0.2) is 4.98 Å². The summed E-state index contributed by atoms with van der Waals surface area (Å²) in [4.78, 5) is 4.65. The van der Waals surface area contributed by atoms with E-state index in [1.807, 2.05) is 31.2 Å². The molecule has 1 heterocycles. The summed E-state index contributed by atoms with van der Waals surface area (Å²) >= 11 is 0. The first-order valence-corrected chi connectivity index (χ1v) is 9.31. The molecule has 0 saturated heterocycles. The number of hydrogen-bond acceptors (Lipinski definition) is 6. The van der Waals surface area contributed by atoms with Gasteiger partial charge in [0.1, 0.15) is 17.0 Å². The lowest BCUT2D eigenvalue weighted by Crippen LogP contribution is -2.01. The average Bonchev–Trinajstić information content (AvgIpc) is 2.70. The van der Waals surface area contributed by atoms with Crippen molar-refractivity contribution < 1.29 is 9.84 Å². The van der Waals surface area contributed by atoms with E-state index in [1.54, 1.807) is 19.2 Å². The van der Waals surface area contributed by atoms with Gasteiger partial charge in [0.15, 0.2) is 0 Å². The van der Waals surface area contributed by atoms with Crippen LogP contribution < -0.4 is 10.1 Å². The molecular formula is C23H22N4O2. The van der Waals surface area contributed by atoms with Gasteiger partial charge in [0, 0.05) is 11.8 Å². The van der Waals surface area contributed by atoms with Gasteiger partial charge in [-0.2, -0.15) is 0 Å². The Morgan fingerprint density at radius 2 is 1.62 bits per heavy atom. The molecule has 0 aliphatic carbocycles. The highest BCUT2D eigenvalue weighted by atomic mass is 16.5. The first kappa shape index (κ1) is 18.7. The van der Waals surface area contributed by atoms with E-state index in [9.17, 15) is 5.11 Å². The zero-order valence-electron chi connectivity index (χ0n) is 16.8. The maximum absolute atomic E-state index is 9.95. The predicted molar refractivity (Wildman–Crippen MR) is 115 cm³/mol. The molecule has 0 bridgehead atoms. The number of phenolic OH excluding ortho intramolecular Hbond substituents is 1. The van der Waals surface area contributed by atoms with E-state index in [2.05, 4.69) is 46.5 Å².